The van der Waals surface area contributed by atoms with Crippen molar-refractivity contribution in [3.63, 3.8) is 0 Å². The van der Waals surface area contributed by atoms with E-state index in [1.54, 1.807) is 0 Å². The van der Waals surface area contributed by atoms with Crippen molar-refractivity contribution in [3.05, 3.63) is 205 Å². The third-order valence-electron chi connectivity index (χ3n) is 10.4. The summed E-state index contributed by atoms with van der Waals surface area (Å²) < 4.78 is 0. The Labute approximate surface area is 298 Å². The van der Waals surface area contributed by atoms with Crippen LogP contribution in [0.5, 0.6) is 0 Å². The third-order valence-corrected chi connectivity index (χ3v) is 10.4. The lowest BCUT2D eigenvalue weighted by Crippen LogP contribution is -2.12. The quantitative estimate of drug-likeness (QED) is 0.177. The number of rotatable bonds is 6. The summed E-state index contributed by atoms with van der Waals surface area (Å²) in [5, 5.41) is 7.56. The molecule has 0 amide bonds. The maximum absolute atomic E-state index is 2.41. The summed E-state index contributed by atoms with van der Waals surface area (Å²) in [6.45, 7) is 0. The molecule has 9 aromatic rings. The van der Waals surface area contributed by atoms with Crippen molar-refractivity contribution in [1.82, 2.24) is 0 Å². The smallest absolute Gasteiger partial charge is 0.0540 e. The van der Waals surface area contributed by atoms with Crippen LogP contribution in [0.25, 0.3) is 43.4 Å². The van der Waals surface area contributed by atoms with Gasteiger partial charge in [0.05, 0.1) is 5.69 Å². The fraction of sp³-hybridized carbons (Fsp3) is 0.0204. The first-order valence-electron chi connectivity index (χ1n) is 17.6. The van der Waals surface area contributed by atoms with Crippen LogP contribution in [-0.2, 0) is 6.42 Å². The van der Waals surface area contributed by atoms with Gasteiger partial charge in [-0.15, -0.1) is 0 Å². The highest BCUT2D eigenvalue weighted by Crippen LogP contribution is 2.48. The molecule has 0 spiro atoms. The van der Waals surface area contributed by atoms with Crippen molar-refractivity contribution in [2.75, 3.05) is 9.80 Å². The molecule has 0 N–H and O–H groups in total. The minimum atomic E-state index is 0.874. The van der Waals surface area contributed by atoms with Gasteiger partial charge in [-0.2, -0.15) is 0 Å². The van der Waals surface area contributed by atoms with E-state index in [2.05, 4.69) is 204 Å². The van der Waals surface area contributed by atoms with Crippen LogP contribution in [0.2, 0.25) is 0 Å². The first-order chi connectivity index (χ1) is 25.3. The summed E-state index contributed by atoms with van der Waals surface area (Å²) in [5.74, 6) is 0. The van der Waals surface area contributed by atoms with Gasteiger partial charge in [-0.25, -0.2) is 0 Å². The van der Waals surface area contributed by atoms with E-state index in [1.807, 2.05) is 0 Å². The van der Waals surface area contributed by atoms with E-state index in [4.69, 9.17) is 0 Å². The van der Waals surface area contributed by atoms with Gasteiger partial charge in [0.2, 0.25) is 0 Å². The summed E-state index contributed by atoms with van der Waals surface area (Å²) in [7, 11) is 0. The van der Waals surface area contributed by atoms with Crippen LogP contribution in [0, 0.1) is 0 Å². The Balaban J connectivity index is 1.12. The highest BCUT2D eigenvalue weighted by atomic mass is 15.1. The lowest BCUT2D eigenvalue weighted by molar-refractivity contribution is 1.18. The van der Waals surface area contributed by atoms with E-state index in [0.717, 1.165) is 34.9 Å². The first-order valence-corrected chi connectivity index (χ1v) is 17.6. The number of anilines is 6. The predicted molar refractivity (Wildman–Crippen MR) is 217 cm³/mol. The van der Waals surface area contributed by atoms with Crippen LogP contribution in [-0.4, -0.2) is 0 Å². The lowest BCUT2D eigenvalue weighted by Gasteiger charge is -2.30. The molecule has 0 bridgehead atoms. The highest BCUT2D eigenvalue weighted by Gasteiger charge is 2.24. The highest BCUT2D eigenvalue weighted by molar-refractivity contribution is 6.10. The van der Waals surface area contributed by atoms with Crippen LogP contribution in [0.15, 0.2) is 194 Å². The molecule has 0 saturated carbocycles. The van der Waals surface area contributed by atoms with Crippen molar-refractivity contribution in [3.8, 4) is 11.1 Å². The number of hydrogen-bond donors (Lipinski definition) is 0. The monoisotopic (exact) mass is 650 g/mol. The zero-order chi connectivity index (χ0) is 33.7. The van der Waals surface area contributed by atoms with Crippen molar-refractivity contribution in [2.45, 2.75) is 6.42 Å². The second-order valence-corrected chi connectivity index (χ2v) is 13.4. The van der Waals surface area contributed by atoms with E-state index in [0.29, 0.717) is 0 Å². The van der Waals surface area contributed by atoms with Gasteiger partial charge in [-0.05, 0) is 122 Å². The van der Waals surface area contributed by atoms with Crippen molar-refractivity contribution < 1.29 is 0 Å². The van der Waals surface area contributed by atoms with Crippen LogP contribution in [0.1, 0.15) is 11.1 Å². The number of fused-ring (bicyclic) bond motifs is 4. The van der Waals surface area contributed by atoms with E-state index in [1.165, 1.54) is 60.3 Å². The molecule has 0 radical (unpaired) electrons. The van der Waals surface area contributed by atoms with E-state index in [-0.39, 0.29) is 0 Å². The van der Waals surface area contributed by atoms with Gasteiger partial charge in [0.25, 0.3) is 0 Å². The molecule has 0 unspecified atom stereocenters. The van der Waals surface area contributed by atoms with E-state index < -0.39 is 0 Å². The molecule has 1 aliphatic carbocycles. The SMILES string of the molecule is c1ccc(N(c2ccc3c(c2)Cc2cccc4c(N(c5ccccc5)c5ccc6ccccc6c5)ccc-3c24)c2ccc3ccccc3c2)cc1. The first kappa shape index (κ1) is 29.3. The normalized spacial score (nSPS) is 11.8. The topological polar surface area (TPSA) is 6.48 Å². The average Bonchev–Trinajstić information content (AvgIpc) is 3.19. The fourth-order valence-electron chi connectivity index (χ4n) is 8.03. The van der Waals surface area contributed by atoms with Crippen LogP contribution in [0.3, 0.4) is 0 Å². The fourth-order valence-corrected chi connectivity index (χ4v) is 8.03. The number of benzene rings is 9. The summed E-state index contributed by atoms with van der Waals surface area (Å²) in [4.78, 5) is 4.79. The molecule has 0 fully saturated rings. The standard InChI is InChI=1S/C49H34N2/c1-3-17-40(18-4-1)50(42-24-22-34-12-7-9-14-36(34)31-42)43-26-27-45-39(33-43)30-38-16-11-21-47-48(29-28-46(45)49(38)47)51(41-19-5-2-6-20-41)44-25-23-35-13-8-10-15-37(35)32-44/h1-29,31-33H,30H2. The summed E-state index contributed by atoms with van der Waals surface area (Å²) >= 11 is 0. The Morgan fingerprint density at radius 1 is 0.314 bits per heavy atom. The second-order valence-electron chi connectivity index (χ2n) is 13.4. The maximum atomic E-state index is 2.41. The van der Waals surface area contributed by atoms with Crippen LogP contribution in [0.4, 0.5) is 34.1 Å². The number of para-hydroxylation sites is 2. The summed E-state index contributed by atoms with van der Waals surface area (Å²) in [6, 6.07) is 70.7. The number of hydrogen-bond acceptors (Lipinski definition) is 2. The third kappa shape index (κ3) is 5.04. The maximum Gasteiger partial charge on any atom is 0.0540 e. The van der Waals surface area contributed by atoms with Crippen molar-refractivity contribution in [2.24, 2.45) is 0 Å². The van der Waals surface area contributed by atoms with Gasteiger partial charge in [-0.1, -0.05) is 127 Å². The molecular weight excluding hydrogens is 617 g/mol. The largest absolute Gasteiger partial charge is 0.310 e. The van der Waals surface area contributed by atoms with Crippen LogP contribution < -0.4 is 9.80 Å². The Morgan fingerprint density at radius 3 is 1.51 bits per heavy atom. The van der Waals surface area contributed by atoms with Gasteiger partial charge >= 0.3 is 0 Å². The minimum absolute atomic E-state index is 0.874. The Kier molecular flexibility index (Phi) is 6.92. The zero-order valence-electron chi connectivity index (χ0n) is 28.1. The molecule has 2 nitrogen and oxygen atoms in total. The molecule has 51 heavy (non-hydrogen) atoms. The molecule has 10 rings (SSSR count). The summed E-state index contributed by atoms with van der Waals surface area (Å²) in [6.07, 6.45) is 0.874. The molecule has 9 aromatic carbocycles. The molecular formula is C49H34N2. The summed E-state index contributed by atoms with van der Waals surface area (Å²) in [5.41, 5.74) is 12.2. The Hall–Kier alpha value is -6.64. The van der Waals surface area contributed by atoms with Crippen LogP contribution >= 0.6 is 0 Å². The molecule has 0 atom stereocenters. The van der Waals surface area contributed by atoms with Crippen molar-refractivity contribution in [1.29, 1.82) is 0 Å². The second kappa shape index (κ2) is 12.0. The lowest BCUT2D eigenvalue weighted by atomic mass is 9.82. The molecule has 240 valence electrons. The van der Waals surface area contributed by atoms with Gasteiger partial charge < -0.3 is 9.80 Å². The van der Waals surface area contributed by atoms with E-state index >= 15 is 0 Å². The molecule has 0 saturated heterocycles. The Bertz CT molecular complexity index is 2730. The minimum Gasteiger partial charge on any atom is -0.310 e. The van der Waals surface area contributed by atoms with Crippen molar-refractivity contribution >= 4 is 66.4 Å². The van der Waals surface area contributed by atoms with Gasteiger partial charge in [-0.3, -0.25) is 0 Å². The number of nitrogens with zero attached hydrogens (tertiary/aromatic N) is 2. The average molecular weight is 651 g/mol. The molecule has 0 aromatic heterocycles. The molecule has 0 aliphatic heterocycles. The van der Waals surface area contributed by atoms with Gasteiger partial charge in [0.1, 0.15) is 0 Å². The van der Waals surface area contributed by atoms with Gasteiger partial charge in [0.15, 0.2) is 0 Å². The molecule has 0 heterocycles. The zero-order valence-corrected chi connectivity index (χ0v) is 28.1. The van der Waals surface area contributed by atoms with Gasteiger partial charge in [0, 0.05) is 33.8 Å². The molecule has 2 heteroatoms. The predicted octanol–water partition coefficient (Wildman–Crippen LogP) is 13.7. The Morgan fingerprint density at radius 2 is 0.843 bits per heavy atom. The molecule has 1 aliphatic rings. The van der Waals surface area contributed by atoms with E-state index in [9.17, 15) is 0 Å².